The van der Waals surface area contributed by atoms with Gasteiger partial charge in [0.05, 0.1) is 0 Å². The maximum Gasteiger partial charge on any atom is 0.288 e. The average molecular weight is 349 g/mol. The van der Waals surface area contributed by atoms with E-state index in [2.05, 4.69) is 80.2 Å². The van der Waals surface area contributed by atoms with Crippen LogP contribution in [-0.2, 0) is 4.43 Å². The summed E-state index contributed by atoms with van der Waals surface area (Å²) in [6.45, 7) is 7.55. The molecular weight excluding hydrogens is 320 g/mol. The van der Waals surface area contributed by atoms with Crippen LogP contribution < -0.4 is 10.4 Å². The average Bonchev–Trinajstić information content (AvgIpc) is 2.91. The molecule has 1 nitrogen and oxygen atoms in total. The molecule has 130 valence electrons. The number of hydrogen-bond donors (Lipinski definition) is 0. The van der Waals surface area contributed by atoms with E-state index in [0.29, 0.717) is 0 Å². The Labute approximate surface area is 153 Å². The maximum absolute atomic E-state index is 6.79. The van der Waals surface area contributed by atoms with Crippen LogP contribution in [-0.4, -0.2) is 14.9 Å². The summed E-state index contributed by atoms with van der Waals surface area (Å²) >= 11 is 0. The fourth-order valence-corrected chi connectivity index (χ4v) is 7.96. The highest BCUT2D eigenvalue weighted by Crippen LogP contribution is 2.29. The van der Waals surface area contributed by atoms with Gasteiger partial charge in [0.1, 0.15) is 0 Å². The number of allylic oxidation sites excluding steroid dienone is 3. The molecule has 3 rings (SSSR count). The third-order valence-electron chi connectivity index (χ3n) is 4.97. The second-order valence-corrected chi connectivity index (χ2v) is 10.1. The van der Waals surface area contributed by atoms with Crippen molar-refractivity contribution >= 4 is 18.7 Å². The van der Waals surface area contributed by atoms with Crippen LogP contribution in [0, 0.1) is 0 Å². The molecule has 2 aromatic carbocycles. The van der Waals surface area contributed by atoms with Crippen LogP contribution >= 0.6 is 0 Å². The molecular formula is C23H28OSi. The fraction of sp³-hybridized carbons (Fsp3) is 0.304. The lowest BCUT2D eigenvalue weighted by atomic mass is 10.1. The molecule has 0 saturated carbocycles. The van der Waals surface area contributed by atoms with Gasteiger partial charge in [0.25, 0.3) is 8.32 Å². The summed E-state index contributed by atoms with van der Waals surface area (Å²) in [6, 6.07) is 21.7. The van der Waals surface area contributed by atoms with Gasteiger partial charge >= 0.3 is 0 Å². The van der Waals surface area contributed by atoms with E-state index in [0.717, 1.165) is 25.9 Å². The lowest BCUT2D eigenvalue weighted by Crippen LogP contribution is -2.62. The first kappa shape index (κ1) is 17.9. The highest BCUT2D eigenvalue weighted by atomic mass is 28.4. The van der Waals surface area contributed by atoms with Gasteiger partial charge in [0.15, 0.2) is 0 Å². The molecule has 25 heavy (non-hydrogen) atoms. The minimum absolute atomic E-state index is 0.817. The molecule has 0 bridgehead atoms. The first-order valence-corrected chi connectivity index (χ1v) is 11.3. The van der Waals surface area contributed by atoms with E-state index in [4.69, 9.17) is 4.43 Å². The summed E-state index contributed by atoms with van der Waals surface area (Å²) in [5.74, 6) is 0. The lowest BCUT2D eigenvalue weighted by Gasteiger charge is -2.35. The second kappa shape index (κ2) is 8.46. The monoisotopic (exact) mass is 348 g/mol. The summed E-state index contributed by atoms with van der Waals surface area (Å²) in [7, 11) is -2.47. The number of rotatable bonds is 6. The van der Waals surface area contributed by atoms with Crippen LogP contribution in [0.4, 0.5) is 0 Å². The SMILES string of the molecule is C=C(CCCC)C1=CCCCO[Si]1(c1ccccc1)c1ccccc1. The van der Waals surface area contributed by atoms with Crippen molar-refractivity contribution in [2.24, 2.45) is 0 Å². The van der Waals surface area contributed by atoms with Crippen molar-refractivity contribution in [3.8, 4) is 0 Å². The molecule has 0 aromatic heterocycles. The van der Waals surface area contributed by atoms with Crippen LogP contribution in [0.15, 0.2) is 84.1 Å². The van der Waals surface area contributed by atoms with Gasteiger partial charge in [-0.15, -0.1) is 0 Å². The van der Waals surface area contributed by atoms with E-state index in [1.165, 1.54) is 34.0 Å². The van der Waals surface area contributed by atoms with E-state index in [1.807, 2.05) is 0 Å². The first-order valence-electron chi connectivity index (χ1n) is 9.43. The van der Waals surface area contributed by atoms with Gasteiger partial charge in [0, 0.05) is 6.61 Å². The van der Waals surface area contributed by atoms with E-state index in [-0.39, 0.29) is 0 Å². The van der Waals surface area contributed by atoms with Crippen LogP contribution in [0.25, 0.3) is 0 Å². The van der Waals surface area contributed by atoms with Crippen LogP contribution in [0.1, 0.15) is 39.0 Å². The van der Waals surface area contributed by atoms with E-state index >= 15 is 0 Å². The zero-order valence-electron chi connectivity index (χ0n) is 15.2. The second-order valence-electron chi connectivity index (χ2n) is 6.73. The van der Waals surface area contributed by atoms with Crippen molar-refractivity contribution in [3.05, 3.63) is 84.1 Å². The number of unbranched alkanes of at least 4 members (excludes halogenated alkanes) is 1. The molecule has 0 amide bonds. The third-order valence-corrected chi connectivity index (χ3v) is 9.21. The first-order chi connectivity index (χ1) is 12.3. The zero-order valence-corrected chi connectivity index (χ0v) is 16.2. The van der Waals surface area contributed by atoms with Crippen molar-refractivity contribution in [2.75, 3.05) is 6.61 Å². The van der Waals surface area contributed by atoms with Gasteiger partial charge in [-0.25, -0.2) is 0 Å². The van der Waals surface area contributed by atoms with Gasteiger partial charge in [-0.1, -0.05) is 92.2 Å². The Morgan fingerprint density at radius 3 is 2.16 bits per heavy atom. The van der Waals surface area contributed by atoms with Crippen LogP contribution in [0.2, 0.25) is 0 Å². The molecule has 1 aliphatic heterocycles. The number of hydrogen-bond acceptors (Lipinski definition) is 1. The molecule has 0 N–H and O–H groups in total. The Morgan fingerprint density at radius 2 is 1.60 bits per heavy atom. The highest BCUT2D eigenvalue weighted by molar-refractivity contribution is 7.03. The molecule has 0 atom stereocenters. The molecule has 0 unspecified atom stereocenters. The van der Waals surface area contributed by atoms with Crippen LogP contribution in [0.3, 0.4) is 0 Å². The van der Waals surface area contributed by atoms with Crippen molar-refractivity contribution in [3.63, 3.8) is 0 Å². The third kappa shape index (κ3) is 3.70. The Hall–Kier alpha value is -1.90. The largest absolute Gasteiger partial charge is 0.404 e. The molecule has 0 fully saturated rings. The summed E-state index contributed by atoms with van der Waals surface area (Å²) in [5.41, 5.74) is 1.27. The predicted octanol–water partition coefficient (Wildman–Crippen LogP) is 4.77. The van der Waals surface area contributed by atoms with Crippen LogP contribution in [0.5, 0.6) is 0 Å². The summed E-state index contributed by atoms with van der Waals surface area (Å²) < 4.78 is 6.79. The number of benzene rings is 2. The molecule has 1 aliphatic rings. The molecule has 2 aromatic rings. The van der Waals surface area contributed by atoms with E-state index in [1.54, 1.807) is 0 Å². The quantitative estimate of drug-likeness (QED) is 0.683. The zero-order chi connectivity index (χ0) is 17.5. The minimum atomic E-state index is -2.47. The molecule has 0 radical (unpaired) electrons. The molecule has 0 spiro atoms. The van der Waals surface area contributed by atoms with Crippen molar-refractivity contribution in [1.82, 2.24) is 0 Å². The van der Waals surface area contributed by atoms with Gasteiger partial charge in [-0.2, -0.15) is 0 Å². The van der Waals surface area contributed by atoms with Crippen molar-refractivity contribution in [1.29, 1.82) is 0 Å². The Kier molecular flexibility index (Phi) is 6.06. The lowest BCUT2D eigenvalue weighted by molar-refractivity contribution is 0.319. The Bertz CT molecular complexity index is 679. The Morgan fingerprint density at radius 1 is 1.00 bits per heavy atom. The van der Waals surface area contributed by atoms with Gasteiger partial charge in [-0.3, -0.25) is 0 Å². The fourth-order valence-electron chi connectivity index (χ4n) is 3.68. The Balaban J connectivity index is 2.18. The normalized spacial score (nSPS) is 16.8. The standard InChI is InChI=1S/C23H28OSi/c1-3-4-13-20(2)23-18-11-12-19-24-25(23,21-14-7-5-8-15-21)22-16-9-6-10-17-22/h5-10,14-18H,2-4,11-13,19H2,1H3. The maximum atomic E-state index is 6.79. The molecule has 0 aliphatic carbocycles. The molecule has 0 saturated heterocycles. The summed E-state index contributed by atoms with van der Waals surface area (Å²) in [4.78, 5) is 0. The summed E-state index contributed by atoms with van der Waals surface area (Å²) in [6.07, 6.45) is 8.02. The van der Waals surface area contributed by atoms with Crippen molar-refractivity contribution in [2.45, 2.75) is 39.0 Å². The van der Waals surface area contributed by atoms with Gasteiger partial charge in [-0.05, 0) is 41.3 Å². The van der Waals surface area contributed by atoms with Gasteiger partial charge < -0.3 is 4.43 Å². The summed E-state index contributed by atoms with van der Waals surface area (Å²) in [5, 5.41) is 4.04. The predicted molar refractivity (Wildman–Crippen MR) is 110 cm³/mol. The highest BCUT2D eigenvalue weighted by Gasteiger charge is 2.44. The topological polar surface area (TPSA) is 9.23 Å². The molecule has 2 heteroatoms. The van der Waals surface area contributed by atoms with E-state index in [9.17, 15) is 0 Å². The van der Waals surface area contributed by atoms with Gasteiger partial charge in [0.2, 0.25) is 0 Å². The molecule has 1 heterocycles. The smallest absolute Gasteiger partial charge is 0.288 e. The van der Waals surface area contributed by atoms with E-state index < -0.39 is 8.32 Å². The minimum Gasteiger partial charge on any atom is -0.404 e. The van der Waals surface area contributed by atoms with Crippen molar-refractivity contribution < 1.29 is 4.43 Å².